The molecule has 0 bridgehead atoms. The van der Waals surface area contributed by atoms with Gasteiger partial charge in [0.05, 0.1) is 26.4 Å². The zero-order valence-electron chi connectivity index (χ0n) is 53.5. The van der Waals surface area contributed by atoms with Crippen LogP contribution in [0.2, 0.25) is 0 Å². The maximum Gasteiger partial charge on any atom is 0.472 e. The lowest BCUT2D eigenvalue weighted by molar-refractivity contribution is -0.161. The Morgan fingerprint density at radius 3 is 0.819 bits per heavy atom. The Labute approximate surface area is 505 Å². The molecule has 492 valence electrons. The van der Waals surface area contributed by atoms with Gasteiger partial charge in [0.15, 0.2) is 12.2 Å². The molecule has 0 aliphatic carbocycles. The van der Waals surface area contributed by atoms with Crippen molar-refractivity contribution >= 4 is 39.5 Å². The zero-order chi connectivity index (χ0) is 61.5. The van der Waals surface area contributed by atoms with Crippen LogP contribution >= 0.6 is 15.6 Å². The molecule has 0 aromatic rings. The highest BCUT2D eigenvalue weighted by atomic mass is 31.2. The third kappa shape index (κ3) is 58.8. The van der Waals surface area contributed by atoms with E-state index >= 15 is 0 Å². The highest BCUT2D eigenvalue weighted by Crippen LogP contribution is 2.45. The van der Waals surface area contributed by atoms with Gasteiger partial charge in [0, 0.05) is 25.7 Å². The van der Waals surface area contributed by atoms with Gasteiger partial charge in [0.2, 0.25) is 0 Å². The van der Waals surface area contributed by atoms with Crippen LogP contribution in [0.15, 0.2) is 0 Å². The minimum atomic E-state index is -4.94. The minimum Gasteiger partial charge on any atom is -0.462 e. The largest absolute Gasteiger partial charge is 0.472 e. The molecule has 0 heterocycles. The van der Waals surface area contributed by atoms with Gasteiger partial charge < -0.3 is 33.8 Å². The second kappa shape index (κ2) is 56.6. The van der Waals surface area contributed by atoms with E-state index < -0.39 is 97.5 Å². The second-order valence-electron chi connectivity index (χ2n) is 24.1. The van der Waals surface area contributed by atoms with Crippen LogP contribution in [0.5, 0.6) is 0 Å². The van der Waals surface area contributed by atoms with Gasteiger partial charge >= 0.3 is 39.5 Å². The monoisotopic (exact) mass is 1230 g/mol. The van der Waals surface area contributed by atoms with Crippen molar-refractivity contribution in [3.8, 4) is 0 Å². The van der Waals surface area contributed by atoms with Gasteiger partial charge in [-0.05, 0) is 37.5 Å². The molecule has 5 atom stereocenters. The van der Waals surface area contributed by atoms with Crippen molar-refractivity contribution in [1.82, 2.24) is 0 Å². The Bertz CT molecular complexity index is 1630. The van der Waals surface area contributed by atoms with Crippen molar-refractivity contribution in [2.45, 2.75) is 336 Å². The molecule has 2 unspecified atom stereocenters. The fraction of sp³-hybridized carbons (Fsp3) is 0.938. The summed E-state index contributed by atoms with van der Waals surface area (Å²) in [6.45, 7) is 9.38. The van der Waals surface area contributed by atoms with Crippen LogP contribution < -0.4 is 0 Å². The first-order valence-corrected chi connectivity index (χ1v) is 36.5. The van der Waals surface area contributed by atoms with Gasteiger partial charge in [-0.2, -0.15) is 0 Å². The van der Waals surface area contributed by atoms with Crippen LogP contribution in [0.1, 0.15) is 318 Å². The van der Waals surface area contributed by atoms with Gasteiger partial charge in [-0.15, -0.1) is 0 Å². The summed E-state index contributed by atoms with van der Waals surface area (Å²) in [6, 6.07) is 0. The number of phosphoric acid groups is 2. The minimum absolute atomic E-state index is 0.106. The molecule has 3 N–H and O–H groups in total. The maximum absolute atomic E-state index is 13.0. The number of unbranched alkanes of at least 4 members (excludes halogenated alkanes) is 33. The normalized spacial score (nSPS) is 14.3. The van der Waals surface area contributed by atoms with E-state index in [0.29, 0.717) is 31.6 Å². The Kier molecular flexibility index (Phi) is 55.2. The summed E-state index contributed by atoms with van der Waals surface area (Å²) in [7, 11) is -9.89. The summed E-state index contributed by atoms with van der Waals surface area (Å²) in [6.07, 6.45) is 39.0. The summed E-state index contributed by atoms with van der Waals surface area (Å²) in [5, 5.41) is 10.5. The molecule has 19 heteroatoms. The number of aliphatic hydroxyl groups excluding tert-OH is 1. The molecule has 0 rings (SSSR count). The summed E-state index contributed by atoms with van der Waals surface area (Å²) < 4.78 is 68.0. The lowest BCUT2D eigenvalue weighted by Gasteiger charge is -2.21. The molecule has 0 aliphatic rings. The zero-order valence-corrected chi connectivity index (χ0v) is 55.3. The quantitative estimate of drug-likeness (QED) is 0.0222. The van der Waals surface area contributed by atoms with Crippen LogP contribution in [0.3, 0.4) is 0 Å². The van der Waals surface area contributed by atoms with Crippen molar-refractivity contribution in [2.24, 2.45) is 11.8 Å². The maximum atomic E-state index is 13.0. The fourth-order valence-electron chi connectivity index (χ4n) is 9.53. The third-order valence-corrected chi connectivity index (χ3v) is 16.6. The standard InChI is InChI=1S/C64H124O17P2/c1-7-9-11-13-15-17-19-21-23-29-37-43-49-64(69)80-59(52-74-61(66)46-40-34-27-25-24-26-32-38-44-56(3)4)54-78-82(70,71)76-50-58(65)51-77-83(72,73)79-55-60(53-75-62(67)47-41-35-31-30-33-39-45-57(5)6)81-63(68)48-42-36-28-22-20-18-16-14-12-10-8-2/h56-60,65H,7-55H2,1-6H3,(H,70,71)(H,72,73)/t58-,59-,60-/m1/s1. The first-order valence-electron chi connectivity index (χ1n) is 33.5. The lowest BCUT2D eigenvalue weighted by Crippen LogP contribution is -2.30. The number of ether oxygens (including phenoxy) is 4. The van der Waals surface area contributed by atoms with Gasteiger partial charge in [-0.1, -0.05) is 266 Å². The average Bonchev–Trinajstić information content (AvgIpc) is 3.45. The van der Waals surface area contributed by atoms with Crippen LogP contribution in [-0.2, 0) is 65.4 Å². The van der Waals surface area contributed by atoms with E-state index in [-0.39, 0.29) is 25.7 Å². The SMILES string of the molecule is CCCCCCCCCCCCCCC(=O)O[C@H](COC(=O)CCCCCCCCCCC(C)C)COP(=O)(O)OC[C@@H](O)COP(=O)(O)OC[C@@H](COC(=O)CCCCCCCCC(C)C)OC(=O)CCCCCCCCCCCCC. The van der Waals surface area contributed by atoms with E-state index in [2.05, 4.69) is 41.5 Å². The van der Waals surface area contributed by atoms with Crippen molar-refractivity contribution in [2.75, 3.05) is 39.6 Å². The molecule has 0 amide bonds. The number of carbonyl (C=O) groups is 4. The van der Waals surface area contributed by atoms with E-state index in [1.54, 1.807) is 0 Å². The summed E-state index contributed by atoms with van der Waals surface area (Å²) in [5.74, 6) is -0.728. The molecule has 0 aliphatic heterocycles. The fourth-order valence-corrected chi connectivity index (χ4v) is 11.1. The molecule has 0 saturated heterocycles. The smallest absolute Gasteiger partial charge is 0.462 e. The Balaban J connectivity index is 5.24. The van der Waals surface area contributed by atoms with Crippen LogP contribution in [0.25, 0.3) is 0 Å². The average molecular weight is 1230 g/mol. The van der Waals surface area contributed by atoms with Crippen LogP contribution in [0, 0.1) is 11.8 Å². The predicted molar refractivity (Wildman–Crippen MR) is 331 cm³/mol. The lowest BCUT2D eigenvalue weighted by atomic mass is 10.0. The highest BCUT2D eigenvalue weighted by Gasteiger charge is 2.30. The van der Waals surface area contributed by atoms with Crippen molar-refractivity contribution in [3.05, 3.63) is 0 Å². The summed E-state index contributed by atoms with van der Waals surface area (Å²) >= 11 is 0. The summed E-state index contributed by atoms with van der Waals surface area (Å²) in [4.78, 5) is 72.2. The molecular formula is C64H124O17P2. The number of phosphoric ester groups is 2. The first kappa shape index (κ1) is 81.1. The number of carbonyl (C=O) groups excluding carboxylic acids is 4. The molecule has 17 nitrogen and oxygen atoms in total. The molecule has 0 saturated carbocycles. The molecular weight excluding hydrogens is 1100 g/mol. The molecule has 0 aromatic carbocycles. The van der Waals surface area contributed by atoms with E-state index in [1.807, 2.05) is 0 Å². The molecule has 83 heavy (non-hydrogen) atoms. The molecule has 0 aromatic heterocycles. The Hall–Kier alpha value is -1.94. The number of rotatable bonds is 63. The molecule has 0 fully saturated rings. The van der Waals surface area contributed by atoms with Gasteiger partial charge in [-0.25, -0.2) is 9.13 Å². The molecule has 0 spiro atoms. The van der Waals surface area contributed by atoms with Gasteiger partial charge in [0.1, 0.15) is 19.3 Å². The number of aliphatic hydroxyl groups is 1. The van der Waals surface area contributed by atoms with E-state index in [1.165, 1.54) is 128 Å². The van der Waals surface area contributed by atoms with Crippen molar-refractivity contribution in [1.29, 1.82) is 0 Å². The van der Waals surface area contributed by atoms with Gasteiger partial charge in [-0.3, -0.25) is 37.3 Å². The highest BCUT2D eigenvalue weighted by molar-refractivity contribution is 7.47. The summed E-state index contributed by atoms with van der Waals surface area (Å²) in [5.41, 5.74) is 0. The van der Waals surface area contributed by atoms with Crippen molar-refractivity contribution < 1.29 is 80.2 Å². The van der Waals surface area contributed by atoms with E-state index in [9.17, 15) is 43.2 Å². The predicted octanol–water partition coefficient (Wildman–Crippen LogP) is 17.7. The third-order valence-electron chi connectivity index (χ3n) is 14.7. The van der Waals surface area contributed by atoms with Gasteiger partial charge in [0.25, 0.3) is 0 Å². The van der Waals surface area contributed by atoms with Crippen LogP contribution in [-0.4, -0.2) is 96.7 Å². The van der Waals surface area contributed by atoms with Crippen molar-refractivity contribution in [3.63, 3.8) is 0 Å². The second-order valence-corrected chi connectivity index (χ2v) is 27.0. The Morgan fingerprint density at radius 2 is 0.554 bits per heavy atom. The Morgan fingerprint density at radius 1 is 0.325 bits per heavy atom. The van der Waals surface area contributed by atoms with E-state index in [0.717, 1.165) is 102 Å². The molecule has 0 radical (unpaired) electrons. The van der Waals surface area contributed by atoms with Crippen LogP contribution in [0.4, 0.5) is 0 Å². The number of hydrogen-bond donors (Lipinski definition) is 3. The number of hydrogen-bond acceptors (Lipinski definition) is 15. The number of esters is 4. The topological polar surface area (TPSA) is 237 Å². The first-order chi connectivity index (χ1) is 39.9. The van der Waals surface area contributed by atoms with E-state index in [4.69, 9.17) is 37.0 Å².